The molecule has 0 aliphatic rings. The summed E-state index contributed by atoms with van der Waals surface area (Å²) in [6, 6.07) is 4.72. The van der Waals surface area contributed by atoms with E-state index in [4.69, 9.17) is 40.5 Å². The highest BCUT2D eigenvalue weighted by atomic mass is 35.5. The Kier molecular flexibility index (Phi) is 4.38. The normalized spacial score (nSPS) is 10.4. The number of nitrogens with two attached hydrogens (primary N) is 1. The molecule has 2 rings (SSSR count). The smallest absolute Gasteiger partial charge is 0.340 e. The maximum absolute atomic E-state index is 11.6. The molecule has 0 fully saturated rings. The Labute approximate surface area is 130 Å². The minimum Gasteiger partial charge on any atom is -0.465 e. The van der Waals surface area contributed by atoms with Crippen LogP contribution >= 0.6 is 34.8 Å². The summed E-state index contributed by atoms with van der Waals surface area (Å²) in [4.78, 5) is 15.7. The molecule has 0 bridgehead atoms. The standard InChI is InChI=1S/C13H9Cl3N2O2/c1-20-13(19)7-4-11(18-5-10(7)17)6-2-8(14)12(16)9(15)3-6/h2-5H,17H2,1H3. The van der Waals surface area contributed by atoms with Gasteiger partial charge in [0.15, 0.2) is 0 Å². The number of methoxy groups -OCH3 is 1. The number of carbonyl (C=O) groups is 1. The van der Waals surface area contributed by atoms with Crippen molar-refractivity contribution in [3.8, 4) is 11.3 Å². The predicted octanol–water partition coefficient (Wildman–Crippen LogP) is 4.08. The lowest BCUT2D eigenvalue weighted by molar-refractivity contribution is 0.0602. The van der Waals surface area contributed by atoms with Crippen LogP contribution in [0.3, 0.4) is 0 Å². The molecule has 2 aromatic rings. The van der Waals surface area contributed by atoms with Gasteiger partial charge in [-0.2, -0.15) is 0 Å². The van der Waals surface area contributed by atoms with E-state index < -0.39 is 5.97 Å². The van der Waals surface area contributed by atoms with Crippen molar-refractivity contribution < 1.29 is 9.53 Å². The number of anilines is 1. The molecule has 7 heteroatoms. The summed E-state index contributed by atoms with van der Waals surface area (Å²) in [7, 11) is 1.28. The first-order valence-electron chi connectivity index (χ1n) is 5.42. The van der Waals surface area contributed by atoms with E-state index in [1.54, 1.807) is 12.1 Å². The number of nitrogens with zero attached hydrogens (tertiary/aromatic N) is 1. The predicted molar refractivity (Wildman–Crippen MR) is 80.5 cm³/mol. The second-order valence-corrected chi connectivity index (χ2v) is 5.09. The first-order chi connectivity index (χ1) is 9.43. The fraction of sp³-hybridized carbons (Fsp3) is 0.0769. The molecular formula is C13H9Cl3N2O2. The fourth-order valence-corrected chi connectivity index (χ4v) is 2.21. The number of hydrogen-bond donors (Lipinski definition) is 1. The van der Waals surface area contributed by atoms with Gasteiger partial charge in [-0.3, -0.25) is 4.98 Å². The van der Waals surface area contributed by atoms with Crippen LogP contribution in [0, 0.1) is 0 Å². The molecule has 1 heterocycles. The van der Waals surface area contributed by atoms with E-state index in [2.05, 4.69) is 9.72 Å². The van der Waals surface area contributed by atoms with Crippen LogP contribution < -0.4 is 5.73 Å². The van der Waals surface area contributed by atoms with Crippen molar-refractivity contribution in [2.45, 2.75) is 0 Å². The molecule has 0 saturated carbocycles. The number of ether oxygens (including phenoxy) is 1. The van der Waals surface area contributed by atoms with Crippen LogP contribution in [-0.2, 0) is 4.74 Å². The van der Waals surface area contributed by atoms with Gasteiger partial charge in [0.05, 0.1) is 45.3 Å². The first-order valence-corrected chi connectivity index (χ1v) is 6.56. The molecule has 2 N–H and O–H groups in total. The first kappa shape index (κ1) is 14.9. The van der Waals surface area contributed by atoms with Crippen molar-refractivity contribution in [2.75, 3.05) is 12.8 Å². The molecule has 0 spiro atoms. The van der Waals surface area contributed by atoms with E-state index in [0.717, 1.165) is 0 Å². The molecule has 4 nitrogen and oxygen atoms in total. The van der Waals surface area contributed by atoms with E-state index in [1.807, 2.05) is 0 Å². The number of carbonyl (C=O) groups excluding carboxylic acids is 1. The van der Waals surface area contributed by atoms with E-state index in [1.165, 1.54) is 19.4 Å². The van der Waals surface area contributed by atoms with Crippen molar-refractivity contribution in [3.63, 3.8) is 0 Å². The molecule has 20 heavy (non-hydrogen) atoms. The maximum atomic E-state index is 11.6. The molecule has 1 aromatic heterocycles. The van der Waals surface area contributed by atoms with Gasteiger partial charge in [-0.1, -0.05) is 34.8 Å². The summed E-state index contributed by atoms with van der Waals surface area (Å²) in [6.45, 7) is 0. The average molecular weight is 332 g/mol. The number of rotatable bonds is 2. The van der Waals surface area contributed by atoms with Gasteiger partial charge in [0.25, 0.3) is 0 Å². The van der Waals surface area contributed by atoms with Crippen molar-refractivity contribution in [1.29, 1.82) is 0 Å². The van der Waals surface area contributed by atoms with Gasteiger partial charge in [0.2, 0.25) is 0 Å². The summed E-state index contributed by atoms with van der Waals surface area (Å²) in [5, 5.41) is 0.862. The quantitative estimate of drug-likeness (QED) is 0.665. The van der Waals surface area contributed by atoms with Crippen LogP contribution in [-0.4, -0.2) is 18.1 Å². The lowest BCUT2D eigenvalue weighted by atomic mass is 10.1. The van der Waals surface area contributed by atoms with Gasteiger partial charge in [0, 0.05) is 5.56 Å². The Hall–Kier alpha value is -1.49. The zero-order chi connectivity index (χ0) is 14.9. The van der Waals surface area contributed by atoms with Gasteiger partial charge < -0.3 is 10.5 Å². The van der Waals surface area contributed by atoms with Crippen LogP contribution in [0.15, 0.2) is 24.4 Å². The van der Waals surface area contributed by atoms with E-state index >= 15 is 0 Å². The van der Waals surface area contributed by atoms with Crippen molar-refractivity contribution in [1.82, 2.24) is 4.98 Å². The Morgan fingerprint density at radius 1 is 1.20 bits per heavy atom. The second-order valence-electron chi connectivity index (χ2n) is 3.90. The zero-order valence-electron chi connectivity index (χ0n) is 10.3. The molecule has 104 valence electrons. The van der Waals surface area contributed by atoms with Crippen LogP contribution in [0.4, 0.5) is 5.69 Å². The van der Waals surface area contributed by atoms with Crippen LogP contribution in [0.1, 0.15) is 10.4 Å². The number of nitrogen functional groups attached to an aromatic ring is 1. The van der Waals surface area contributed by atoms with Gasteiger partial charge >= 0.3 is 5.97 Å². The fourth-order valence-electron chi connectivity index (χ4n) is 1.61. The Balaban J connectivity index is 2.56. The number of aromatic nitrogens is 1. The Bertz CT molecular complexity index is 666. The van der Waals surface area contributed by atoms with Gasteiger partial charge in [-0.15, -0.1) is 0 Å². The monoisotopic (exact) mass is 330 g/mol. The van der Waals surface area contributed by atoms with E-state index in [-0.39, 0.29) is 16.3 Å². The number of pyridine rings is 1. The summed E-state index contributed by atoms with van der Waals surface area (Å²) in [6.07, 6.45) is 1.37. The molecule has 0 saturated heterocycles. The highest BCUT2D eigenvalue weighted by molar-refractivity contribution is 6.48. The average Bonchev–Trinajstić information content (AvgIpc) is 2.44. The van der Waals surface area contributed by atoms with Crippen molar-refractivity contribution >= 4 is 46.5 Å². The molecule has 0 unspecified atom stereocenters. The maximum Gasteiger partial charge on any atom is 0.340 e. The minimum atomic E-state index is -0.544. The molecule has 0 aliphatic heterocycles. The molecule has 0 amide bonds. The molecule has 1 aromatic carbocycles. The lowest BCUT2D eigenvalue weighted by Crippen LogP contribution is -2.06. The van der Waals surface area contributed by atoms with Gasteiger partial charge in [0.1, 0.15) is 0 Å². The van der Waals surface area contributed by atoms with Gasteiger partial charge in [-0.25, -0.2) is 4.79 Å². The number of hydrogen-bond acceptors (Lipinski definition) is 4. The number of esters is 1. The highest BCUT2D eigenvalue weighted by Crippen LogP contribution is 2.35. The minimum absolute atomic E-state index is 0.222. The third-order valence-corrected chi connectivity index (χ3v) is 3.82. The molecule has 0 aliphatic carbocycles. The van der Waals surface area contributed by atoms with Gasteiger partial charge in [-0.05, 0) is 18.2 Å². The number of benzene rings is 1. The van der Waals surface area contributed by atoms with E-state index in [9.17, 15) is 4.79 Å². The third-order valence-electron chi connectivity index (χ3n) is 2.62. The Morgan fingerprint density at radius 3 is 2.35 bits per heavy atom. The zero-order valence-corrected chi connectivity index (χ0v) is 12.6. The van der Waals surface area contributed by atoms with E-state index in [0.29, 0.717) is 21.3 Å². The summed E-state index contributed by atoms with van der Waals surface area (Å²) < 4.78 is 4.65. The topological polar surface area (TPSA) is 65.2 Å². The largest absolute Gasteiger partial charge is 0.465 e. The molecular weight excluding hydrogens is 323 g/mol. The molecule has 0 radical (unpaired) electrons. The lowest BCUT2D eigenvalue weighted by Gasteiger charge is -2.08. The Morgan fingerprint density at radius 2 is 1.80 bits per heavy atom. The third kappa shape index (κ3) is 2.82. The summed E-state index contributed by atoms with van der Waals surface area (Å²) >= 11 is 17.8. The van der Waals surface area contributed by atoms with Crippen LogP contribution in [0.25, 0.3) is 11.3 Å². The summed E-state index contributed by atoms with van der Waals surface area (Å²) in [5.41, 5.74) is 7.25. The molecule has 0 atom stereocenters. The van der Waals surface area contributed by atoms with Crippen LogP contribution in [0.5, 0.6) is 0 Å². The SMILES string of the molecule is COC(=O)c1cc(-c2cc(Cl)c(Cl)c(Cl)c2)ncc1N. The van der Waals surface area contributed by atoms with Crippen molar-refractivity contribution in [2.24, 2.45) is 0 Å². The van der Waals surface area contributed by atoms with Crippen molar-refractivity contribution in [3.05, 3.63) is 45.0 Å². The highest BCUT2D eigenvalue weighted by Gasteiger charge is 2.14. The summed E-state index contributed by atoms with van der Waals surface area (Å²) in [5.74, 6) is -0.544. The number of halogens is 3. The second kappa shape index (κ2) is 5.87. The van der Waals surface area contributed by atoms with Crippen LogP contribution in [0.2, 0.25) is 15.1 Å².